The summed E-state index contributed by atoms with van der Waals surface area (Å²) in [4.78, 5) is 19.1. The van der Waals surface area contributed by atoms with E-state index in [0.717, 1.165) is 29.7 Å². The molecule has 8 nitrogen and oxygen atoms in total. The minimum Gasteiger partial charge on any atom is -0.506 e. The molecule has 2 atom stereocenters. The van der Waals surface area contributed by atoms with Crippen LogP contribution in [-0.4, -0.2) is 51.5 Å². The fraction of sp³-hybridized carbons (Fsp3) is 0.474. The van der Waals surface area contributed by atoms with Crippen molar-refractivity contribution in [2.24, 2.45) is 0 Å². The maximum atomic E-state index is 10.5. The van der Waals surface area contributed by atoms with Crippen molar-refractivity contribution in [1.82, 2.24) is 5.32 Å². The van der Waals surface area contributed by atoms with E-state index in [1.54, 1.807) is 13.1 Å². The lowest BCUT2D eigenvalue weighted by molar-refractivity contribution is -0.134. The Morgan fingerprint density at radius 1 is 1.11 bits per heavy atom. The SMILES string of the molecule is CNc1c(O)ccc2c1CC[C@H](NC1CCC1)[C@H]2O.O=C(O)/C=C/C(=O)O. The van der Waals surface area contributed by atoms with Crippen LogP contribution in [0.4, 0.5) is 5.69 Å². The van der Waals surface area contributed by atoms with Gasteiger partial charge in [-0.25, -0.2) is 9.59 Å². The number of nitrogens with one attached hydrogen (secondary N) is 2. The van der Waals surface area contributed by atoms with Gasteiger partial charge >= 0.3 is 11.9 Å². The van der Waals surface area contributed by atoms with E-state index in [4.69, 9.17) is 10.2 Å². The van der Waals surface area contributed by atoms with Crippen LogP contribution >= 0.6 is 0 Å². The molecule has 0 amide bonds. The van der Waals surface area contributed by atoms with E-state index < -0.39 is 18.0 Å². The highest BCUT2D eigenvalue weighted by Crippen LogP contribution is 2.39. The van der Waals surface area contributed by atoms with Gasteiger partial charge in [0.15, 0.2) is 0 Å². The minimum absolute atomic E-state index is 0.145. The van der Waals surface area contributed by atoms with Crippen molar-refractivity contribution >= 4 is 17.6 Å². The predicted molar refractivity (Wildman–Crippen MR) is 99.9 cm³/mol. The number of aliphatic hydroxyl groups is 1. The van der Waals surface area contributed by atoms with E-state index in [1.165, 1.54) is 19.3 Å². The Bertz CT molecular complexity index is 698. The van der Waals surface area contributed by atoms with E-state index in [1.807, 2.05) is 6.07 Å². The number of aliphatic carboxylic acids is 2. The predicted octanol–water partition coefficient (Wildman–Crippen LogP) is 1.64. The average molecular weight is 378 g/mol. The summed E-state index contributed by atoms with van der Waals surface area (Å²) in [6.45, 7) is 0. The molecule has 0 unspecified atom stereocenters. The summed E-state index contributed by atoms with van der Waals surface area (Å²) >= 11 is 0. The van der Waals surface area contributed by atoms with Crippen LogP contribution in [-0.2, 0) is 16.0 Å². The van der Waals surface area contributed by atoms with Crippen molar-refractivity contribution in [2.75, 3.05) is 12.4 Å². The number of phenolic OH excluding ortho intramolecular Hbond substituents is 1. The molecule has 0 aliphatic heterocycles. The molecule has 0 aromatic heterocycles. The highest BCUT2D eigenvalue weighted by Gasteiger charge is 2.32. The second kappa shape index (κ2) is 9.38. The number of anilines is 1. The first-order chi connectivity index (χ1) is 12.8. The molecule has 0 bridgehead atoms. The lowest BCUT2D eigenvalue weighted by Crippen LogP contribution is -2.47. The lowest BCUT2D eigenvalue weighted by atomic mass is 9.83. The van der Waals surface area contributed by atoms with Crippen LogP contribution in [0.15, 0.2) is 24.3 Å². The van der Waals surface area contributed by atoms with E-state index in [0.29, 0.717) is 18.2 Å². The molecule has 2 aliphatic rings. The molecule has 1 saturated carbocycles. The van der Waals surface area contributed by atoms with Crippen molar-refractivity contribution in [3.05, 3.63) is 35.4 Å². The van der Waals surface area contributed by atoms with E-state index in [-0.39, 0.29) is 11.8 Å². The number of rotatable bonds is 5. The molecule has 0 radical (unpaired) electrons. The van der Waals surface area contributed by atoms with Crippen molar-refractivity contribution in [2.45, 2.75) is 50.3 Å². The summed E-state index contributed by atoms with van der Waals surface area (Å²) in [5, 5.41) is 42.6. The number of benzene rings is 1. The Morgan fingerprint density at radius 3 is 2.22 bits per heavy atom. The van der Waals surface area contributed by atoms with Crippen LogP contribution in [0.3, 0.4) is 0 Å². The molecule has 1 aromatic carbocycles. The first-order valence-electron chi connectivity index (χ1n) is 8.94. The van der Waals surface area contributed by atoms with Gasteiger partial charge in [-0.15, -0.1) is 0 Å². The molecule has 0 saturated heterocycles. The van der Waals surface area contributed by atoms with Crippen molar-refractivity contribution in [3.8, 4) is 5.75 Å². The normalized spacial score (nSPS) is 21.6. The summed E-state index contributed by atoms with van der Waals surface area (Å²) in [7, 11) is 1.81. The van der Waals surface area contributed by atoms with Crippen LogP contribution in [0.1, 0.15) is 42.9 Å². The number of fused-ring (bicyclic) bond motifs is 1. The topological polar surface area (TPSA) is 139 Å². The van der Waals surface area contributed by atoms with Crippen molar-refractivity contribution in [1.29, 1.82) is 0 Å². The largest absolute Gasteiger partial charge is 0.506 e. The molecule has 1 fully saturated rings. The summed E-state index contributed by atoms with van der Waals surface area (Å²) < 4.78 is 0. The maximum Gasteiger partial charge on any atom is 0.328 e. The van der Waals surface area contributed by atoms with Crippen LogP contribution in [0, 0.1) is 0 Å². The van der Waals surface area contributed by atoms with E-state index in [2.05, 4.69) is 10.6 Å². The second-order valence-corrected chi connectivity index (χ2v) is 6.67. The number of carbonyl (C=O) groups is 2. The molecule has 2 aliphatic carbocycles. The Labute approximate surface area is 157 Å². The first kappa shape index (κ1) is 20.7. The Balaban J connectivity index is 0.000000279. The van der Waals surface area contributed by atoms with Gasteiger partial charge < -0.3 is 31.1 Å². The zero-order valence-corrected chi connectivity index (χ0v) is 15.2. The number of carboxylic acids is 2. The van der Waals surface area contributed by atoms with Gasteiger partial charge in [0, 0.05) is 31.3 Å². The quantitative estimate of drug-likeness (QED) is 0.336. The Hall–Kier alpha value is -2.58. The van der Waals surface area contributed by atoms with Gasteiger partial charge in [0.1, 0.15) is 5.75 Å². The minimum atomic E-state index is -1.26. The molecule has 0 spiro atoms. The molecule has 6 N–H and O–H groups in total. The van der Waals surface area contributed by atoms with Crippen LogP contribution in [0.5, 0.6) is 5.75 Å². The van der Waals surface area contributed by atoms with E-state index in [9.17, 15) is 19.8 Å². The highest BCUT2D eigenvalue weighted by molar-refractivity contribution is 5.89. The third-order valence-corrected chi connectivity index (χ3v) is 4.91. The average Bonchev–Trinajstić information content (AvgIpc) is 2.58. The van der Waals surface area contributed by atoms with E-state index >= 15 is 0 Å². The fourth-order valence-corrected chi connectivity index (χ4v) is 3.35. The third-order valence-electron chi connectivity index (χ3n) is 4.91. The van der Waals surface area contributed by atoms with Crippen LogP contribution in [0.25, 0.3) is 0 Å². The standard InChI is InChI=1S/C15H22N2O2.C4H4O4/c1-16-14-10-5-7-12(17-9-3-2-4-9)15(19)11(10)6-8-13(14)18;5-3(6)1-2-4(7)8/h6,8-9,12,15-19H,2-5,7H2,1H3;1-2H,(H,5,6)(H,7,8)/b;2-1+/t12-,15-;/m0./s1. The lowest BCUT2D eigenvalue weighted by Gasteiger charge is -2.37. The third kappa shape index (κ3) is 5.45. The highest BCUT2D eigenvalue weighted by atomic mass is 16.4. The smallest absolute Gasteiger partial charge is 0.328 e. The molecular weight excluding hydrogens is 352 g/mol. The monoisotopic (exact) mass is 378 g/mol. The summed E-state index contributed by atoms with van der Waals surface area (Å²) in [6.07, 6.45) is 6.21. The van der Waals surface area contributed by atoms with Crippen LogP contribution < -0.4 is 10.6 Å². The summed E-state index contributed by atoms with van der Waals surface area (Å²) in [5.41, 5.74) is 2.77. The number of aliphatic hydroxyl groups excluding tert-OH is 1. The molecular formula is C19H26N2O6. The van der Waals surface area contributed by atoms with Gasteiger partial charge in [-0.1, -0.05) is 12.5 Å². The Kier molecular flexibility index (Phi) is 7.20. The van der Waals surface area contributed by atoms with Crippen molar-refractivity contribution in [3.63, 3.8) is 0 Å². The molecule has 148 valence electrons. The summed E-state index contributed by atoms with van der Waals surface area (Å²) in [6, 6.07) is 4.25. The molecule has 3 rings (SSSR count). The van der Waals surface area contributed by atoms with Gasteiger partial charge in [-0.2, -0.15) is 0 Å². The van der Waals surface area contributed by atoms with Crippen molar-refractivity contribution < 1.29 is 30.0 Å². The zero-order valence-electron chi connectivity index (χ0n) is 15.2. The summed E-state index contributed by atoms with van der Waals surface area (Å²) in [5.74, 6) is -2.25. The Morgan fingerprint density at radius 2 is 1.74 bits per heavy atom. The molecule has 8 heteroatoms. The zero-order chi connectivity index (χ0) is 20.0. The number of aromatic hydroxyl groups is 1. The van der Waals surface area contributed by atoms with Gasteiger partial charge in [-0.05, 0) is 42.9 Å². The van der Waals surface area contributed by atoms with Gasteiger partial charge in [-0.3, -0.25) is 0 Å². The molecule has 1 aromatic rings. The fourth-order valence-electron chi connectivity index (χ4n) is 3.35. The second-order valence-electron chi connectivity index (χ2n) is 6.67. The van der Waals surface area contributed by atoms with Gasteiger partial charge in [0.25, 0.3) is 0 Å². The van der Waals surface area contributed by atoms with Crippen LogP contribution in [0.2, 0.25) is 0 Å². The molecule has 0 heterocycles. The first-order valence-corrected chi connectivity index (χ1v) is 8.94. The number of phenols is 1. The number of carboxylic acid groups (broad SMARTS) is 2. The van der Waals surface area contributed by atoms with Gasteiger partial charge in [0.2, 0.25) is 0 Å². The number of hydrogen-bond acceptors (Lipinski definition) is 6. The van der Waals surface area contributed by atoms with Gasteiger partial charge in [0.05, 0.1) is 11.8 Å². The maximum absolute atomic E-state index is 10.5. The molecule has 27 heavy (non-hydrogen) atoms. The number of hydrogen-bond donors (Lipinski definition) is 6.